The number of piperazine rings is 1. The minimum atomic E-state index is -0.612. The van der Waals surface area contributed by atoms with E-state index in [0.29, 0.717) is 52.2 Å². The highest BCUT2D eigenvalue weighted by atomic mass is 16.5. The first-order chi connectivity index (χ1) is 28.7. The van der Waals surface area contributed by atoms with Gasteiger partial charge in [0.05, 0.1) is 11.1 Å². The van der Waals surface area contributed by atoms with Crippen molar-refractivity contribution < 1.29 is 23.9 Å². The highest BCUT2D eigenvalue weighted by Crippen LogP contribution is 2.56. The molecule has 1 saturated carbocycles. The smallest absolute Gasteiger partial charge is 0.255 e. The van der Waals surface area contributed by atoms with Gasteiger partial charge < -0.3 is 29.7 Å². The molecule has 1 aliphatic carbocycles. The molecule has 5 heterocycles. The summed E-state index contributed by atoms with van der Waals surface area (Å²) >= 11 is 0. The van der Waals surface area contributed by atoms with Crippen LogP contribution in [0.4, 0.5) is 11.4 Å². The number of hydrogen-bond acceptors (Lipinski definition) is 10. The summed E-state index contributed by atoms with van der Waals surface area (Å²) in [5.41, 5.74) is 4.08. The molecular formula is C46H50N8O6. The van der Waals surface area contributed by atoms with Crippen LogP contribution in [0.3, 0.4) is 0 Å². The number of H-pyrrole nitrogens is 1. The summed E-state index contributed by atoms with van der Waals surface area (Å²) in [4.78, 5) is 74.4. The van der Waals surface area contributed by atoms with Crippen molar-refractivity contribution in [3.63, 3.8) is 0 Å². The summed E-state index contributed by atoms with van der Waals surface area (Å²) in [5.74, 6) is 0.185. The fourth-order valence-electron chi connectivity index (χ4n) is 10.6. The van der Waals surface area contributed by atoms with Crippen LogP contribution >= 0.6 is 0 Å². The number of aromatic amines is 1. The lowest BCUT2D eigenvalue weighted by atomic mass is 9.49. The molecule has 3 N–H and O–H groups in total. The molecule has 1 unspecified atom stereocenters. The third-order valence-corrected chi connectivity index (χ3v) is 13.5. The van der Waals surface area contributed by atoms with Crippen molar-refractivity contribution in [2.75, 3.05) is 55.6 Å². The second-order valence-corrected chi connectivity index (χ2v) is 18.2. The van der Waals surface area contributed by atoms with Crippen LogP contribution in [0.15, 0.2) is 71.5 Å². The van der Waals surface area contributed by atoms with Crippen LogP contribution in [0, 0.1) is 28.1 Å². The van der Waals surface area contributed by atoms with Crippen molar-refractivity contribution >= 4 is 45.9 Å². The number of pyridine rings is 1. The summed E-state index contributed by atoms with van der Waals surface area (Å²) in [6.45, 7) is 15.4. The van der Waals surface area contributed by atoms with Crippen LogP contribution < -0.4 is 30.7 Å². The van der Waals surface area contributed by atoms with Gasteiger partial charge in [-0.3, -0.25) is 34.2 Å². The van der Waals surface area contributed by atoms with Gasteiger partial charge in [0, 0.05) is 116 Å². The molecule has 0 bridgehead atoms. The molecule has 0 radical (unpaired) electrons. The number of benzene rings is 3. The number of hydrogen-bond donors (Lipinski definition) is 3. The molecule has 14 nitrogen and oxygen atoms in total. The van der Waals surface area contributed by atoms with Crippen LogP contribution in [0.25, 0.3) is 10.9 Å². The summed E-state index contributed by atoms with van der Waals surface area (Å²) in [6.07, 6.45) is 0.352. The predicted octanol–water partition coefficient (Wildman–Crippen LogP) is 4.03. The number of aromatic nitrogens is 1. The topological polar surface area (TPSA) is 171 Å². The maximum Gasteiger partial charge on any atom is 0.255 e. The molecule has 4 aliphatic heterocycles. The molecule has 1 atom stereocenters. The molecule has 3 aromatic carbocycles. The zero-order chi connectivity index (χ0) is 42.1. The zero-order valence-corrected chi connectivity index (χ0v) is 34.4. The molecule has 0 spiro atoms. The Balaban J connectivity index is 0.741. The Kier molecular flexibility index (Phi) is 9.69. The second-order valence-electron chi connectivity index (χ2n) is 18.2. The van der Waals surface area contributed by atoms with Crippen molar-refractivity contribution in [2.45, 2.75) is 65.3 Å². The quantitative estimate of drug-likeness (QED) is 0.210. The van der Waals surface area contributed by atoms with E-state index in [1.165, 1.54) is 6.07 Å². The third-order valence-electron chi connectivity index (χ3n) is 13.5. The van der Waals surface area contributed by atoms with E-state index in [-0.39, 0.29) is 41.8 Å². The minimum absolute atomic E-state index is 0.129. The third kappa shape index (κ3) is 6.84. The van der Waals surface area contributed by atoms with Gasteiger partial charge in [0.2, 0.25) is 17.4 Å². The van der Waals surface area contributed by atoms with Gasteiger partial charge in [-0.2, -0.15) is 5.26 Å². The number of ether oxygens (including phenoxy) is 1. The lowest BCUT2D eigenvalue weighted by Crippen LogP contribution is -2.74. The summed E-state index contributed by atoms with van der Waals surface area (Å²) < 4.78 is 6.61. The zero-order valence-electron chi connectivity index (χ0n) is 34.4. The van der Waals surface area contributed by atoms with E-state index < -0.39 is 22.8 Å². The van der Waals surface area contributed by atoms with Crippen LogP contribution in [-0.2, 0) is 16.1 Å². The van der Waals surface area contributed by atoms with E-state index in [2.05, 4.69) is 70.1 Å². The molecule has 4 amide bonds. The lowest BCUT2D eigenvalue weighted by Gasteiger charge is -2.63. The normalized spacial score (nSPS) is 23.7. The lowest BCUT2D eigenvalue weighted by molar-refractivity contribution is -0.163. The Morgan fingerprint density at radius 2 is 1.60 bits per heavy atom. The van der Waals surface area contributed by atoms with E-state index >= 15 is 0 Å². The number of rotatable bonds is 9. The van der Waals surface area contributed by atoms with Crippen LogP contribution in [-0.4, -0.2) is 102 Å². The number of carbonyl (C=O) groups is 4. The molecule has 9 rings (SSSR count). The SMILES string of the molecule is CC1(C)C(NC(=O)c2ccc(N3CC(CN4CCN(c5ccc6c(c5)CN(C5CCC(=O)NC5=O)C6=O)CC4)C3)cc2)C(C)(C)C1Oc1ccc(C#N)c2[nH]c(=O)ccc12. The van der Waals surface area contributed by atoms with Gasteiger partial charge in [-0.1, -0.05) is 27.7 Å². The molecule has 4 fully saturated rings. The van der Waals surface area contributed by atoms with Crippen molar-refractivity contribution in [3.8, 4) is 11.8 Å². The Morgan fingerprint density at radius 3 is 2.30 bits per heavy atom. The fraction of sp³-hybridized carbons (Fsp3) is 0.435. The number of amides is 4. The molecular weight excluding hydrogens is 761 g/mol. The van der Waals surface area contributed by atoms with Gasteiger partial charge in [-0.25, -0.2) is 0 Å². The molecule has 4 aromatic rings. The van der Waals surface area contributed by atoms with E-state index in [1.54, 1.807) is 23.1 Å². The summed E-state index contributed by atoms with van der Waals surface area (Å²) in [5, 5.41) is 15.9. The molecule has 14 heteroatoms. The van der Waals surface area contributed by atoms with Gasteiger partial charge in [-0.05, 0) is 72.6 Å². The van der Waals surface area contributed by atoms with E-state index in [1.807, 2.05) is 36.4 Å². The monoisotopic (exact) mass is 810 g/mol. The average molecular weight is 811 g/mol. The highest BCUT2D eigenvalue weighted by molar-refractivity contribution is 6.05. The number of piperidine rings is 1. The maximum atomic E-state index is 13.6. The van der Waals surface area contributed by atoms with Crippen molar-refractivity contribution in [2.24, 2.45) is 16.7 Å². The largest absolute Gasteiger partial charge is 0.488 e. The van der Waals surface area contributed by atoms with Gasteiger partial charge >= 0.3 is 0 Å². The Morgan fingerprint density at radius 1 is 0.883 bits per heavy atom. The Labute approximate surface area is 348 Å². The Bertz CT molecular complexity index is 2490. The molecule has 3 saturated heterocycles. The van der Waals surface area contributed by atoms with Gasteiger partial charge in [-0.15, -0.1) is 0 Å². The number of fused-ring (bicyclic) bond motifs is 2. The number of carbonyl (C=O) groups excluding carboxylic acids is 4. The van der Waals surface area contributed by atoms with Gasteiger partial charge in [0.15, 0.2) is 0 Å². The predicted molar refractivity (Wildman–Crippen MR) is 226 cm³/mol. The maximum absolute atomic E-state index is 13.6. The minimum Gasteiger partial charge on any atom is -0.488 e. The van der Waals surface area contributed by atoms with Crippen LogP contribution in [0.2, 0.25) is 0 Å². The number of imide groups is 1. The first-order valence-electron chi connectivity index (χ1n) is 20.8. The van der Waals surface area contributed by atoms with Gasteiger partial charge in [0.25, 0.3) is 11.8 Å². The first kappa shape index (κ1) is 39.3. The fourth-order valence-corrected chi connectivity index (χ4v) is 10.6. The van der Waals surface area contributed by atoms with Crippen molar-refractivity contribution in [1.29, 1.82) is 5.26 Å². The molecule has 5 aliphatic rings. The van der Waals surface area contributed by atoms with Crippen LogP contribution in [0.5, 0.6) is 5.75 Å². The number of nitrogens with one attached hydrogen (secondary N) is 3. The van der Waals surface area contributed by atoms with Crippen molar-refractivity contribution in [3.05, 3.63) is 99.3 Å². The van der Waals surface area contributed by atoms with Gasteiger partial charge in [0.1, 0.15) is 24.0 Å². The molecule has 310 valence electrons. The van der Waals surface area contributed by atoms with E-state index in [9.17, 15) is 29.2 Å². The summed E-state index contributed by atoms with van der Waals surface area (Å²) in [7, 11) is 0. The van der Waals surface area contributed by atoms with Crippen molar-refractivity contribution in [1.82, 2.24) is 25.4 Å². The van der Waals surface area contributed by atoms with Crippen LogP contribution in [0.1, 0.15) is 72.4 Å². The highest BCUT2D eigenvalue weighted by Gasteiger charge is 2.64. The molecule has 60 heavy (non-hydrogen) atoms. The number of nitrogens with zero attached hydrogens (tertiary/aromatic N) is 5. The molecule has 1 aromatic heterocycles. The average Bonchev–Trinajstić information content (AvgIpc) is 3.54. The van der Waals surface area contributed by atoms with E-state index in [4.69, 9.17) is 4.74 Å². The standard InChI is InChI=1S/C46H50N8O6/c1-45(2)43(46(3,4)44(45)60-36-14-7-29(22-47)39-34(36)12-15-37(55)48-39)50-40(57)28-5-8-31(9-6-28)53-24-27(25-53)23-51-17-19-52(20-18-51)32-10-11-33-30(21-32)26-54(42(33)59)35-13-16-38(56)49-41(35)58/h5-12,14-15,21,27,35,43-44H,13,16-20,23-26H2,1-4H3,(H,48,55)(H,50,57)(H,49,56,58). The summed E-state index contributed by atoms with van der Waals surface area (Å²) in [6, 6.07) is 21.7. The van der Waals surface area contributed by atoms with E-state index in [0.717, 1.165) is 62.8 Å². The number of nitriles is 1. The first-order valence-corrected chi connectivity index (χ1v) is 20.8. The Hall–Kier alpha value is -6.20. The second kappa shape index (κ2) is 14.8. The number of anilines is 2.